The number of carbonyl (C=O) groups is 1. The van der Waals surface area contributed by atoms with Crippen LogP contribution >= 0.6 is 11.6 Å². The zero-order valence-electron chi connectivity index (χ0n) is 11.7. The van der Waals surface area contributed by atoms with Crippen LogP contribution < -0.4 is 11.5 Å². The minimum Gasteiger partial charge on any atom is -0.366 e. The second-order valence-electron chi connectivity index (χ2n) is 5.64. The number of rotatable bonds is 4. The van der Waals surface area contributed by atoms with Crippen LogP contribution in [0.4, 0.5) is 0 Å². The molecule has 1 saturated heterocycles. The minimum absolute atomic E-state index is 0.0231. The first-order valence-corrected chi connectivity index (χ1v) is 8.30. The number of amides is 1. The van der Waals surface area contributed by atoms with Crippen molar-refractivity contribution >= 4 is 27.5 Å². The fraction of sp³-hybridized carbons (Fsp3) is 0.462. The van der Waals surface area contributed by atoms with Gasteiger partial charge in [-0.1, -0.05) is 18.5 Å². The molecule has 6 nitrogen and oxygen atoms in total. The highest BCUT2D eigenvalue weighted by Crippen LogP contribution is 2.33. The maximum atomic E-state index is 12.6. The van der Waals surface area contributed by atoms with Gasteiger partial charge >= 0.3 is 0 Å². The second kappa shape index (κ2) is 5.57. The van der Waals surface area contributed by atoms with Crippen molar-refractivity contribution in [3.63, 3.8) is 0 Å². The smallest absolute Gasteiger partial charge is 0.248 e. The van der Waals surface area contributed by atoms with E-state index in [4.69, 9.17) is 23.1 Å². The number of nitrogens with two attached hydrogens (primary N) is 2. The monoisotopic (exact) mass is 331 g/mol. The SMILES string of the molecule is CC1(CN)CCN(S(=O)(=O)c2cc(Cl)cc(C(N)=O)c2)C1. The summed E-state index contributed by atoms with van der Waals surface area (Å²) in [5.41, 5.74) is 10.7. The van der Waals surface area contributed by atoms with Gasteiger partial charge in [0, 0.05) is 23.7 Å². The summed E-state index contributed by atoms with van der Waals surface area (Å²) in [5, 5.41) is 0.158. The molecule has 116 valence electrons. The Morgan fingerprint density at radius 1 is 1.43 bits per heavy atom. The van der Waals surface area contributed by atoms with E-state index in [0.29, 0.717) is 26.1 Å². The standard InChI is InChI=1S/C13H18ClN3O3S/c1-13(7-15)2-3-17(8-13)21(19,20)11-5-9(12(16)18)4-10(14)6-11/h4-6H,2-3,7-8,15H2,1H3,(H2,16,18). The van der Waals surface area contributed by atoms with Gasteiger partial charge in [-0.15, -0.1) is 0 Å². The lowest BCUT2D eigenvalue weighted by Gasteiger charge is -2.22. The number of benzene rings is 1. The topological polar surface area (TPSA) is 106 Å². The average molecular weight is 332 g/mol. The van der Waals surface area contributed by atoms with Crippen LogP contribution in [-0.4, -0.2) is 38.3 Å². The molecule has 2 rings (SSSR count). The van der Waals surface area contributed by atoms with E-state index < -0.39 is 15.9 Å². The quantitative estimate of drug-likeness (QED) is 0.850. The van der Waals surface area contributed by atoms with Gasteiger partial charge in [0.25, 0.3) is 0 Å². The highest BCUT2D eigenvalue weighted by Gasteiger charge is 2.39. The zero-order chi connectivity index (χ0) is 15.8. The van der Waals surface area contributed by atoms with E-state index in [9.17, 15) is 13.2 Å². The molecule has 0 aromatic heterocycles. The third-order valence-electron chi connectivity index (χ3n) is 3.81. The zero-order valence-corrected chi connectivity index (χ0v) is 13.2. The molecule has 4 N–H and O–H groups in total. The van der Waals surface area contributed by atoms with Gasteiger partial charge in [-0.3, -0.25) is 4.79 Å². The van der Waals surface area contributed by atoms with Gasteiger partial charge in [0.05, 0.1) is 4.90 Å². The highest BCUT2D eigenvalue weighted by atomic mass is 35.5. The number of primary amides is 1. The third-order valence-corrected chi connectivity index (χ3v) is 5.85. The first-order valence-electron chi connectivity index (χ1n) is 6.49. The van der Waals surface area contributed by atoms with E-state index >= 15 is 0 Å². The Morgan fingerprint density at radius 3 is 2.62 bits per heavy atom. The van der Waals surface area contributed by atoms with E-state index in [0.717, 1.165) is 0 Å². The summed E-state index contributed by atoms with van der Waals surface area (Å²) in [4.78, 5) is 11.2. The molecule has 1 aliphatic rings. The lowest BCUT2D eigenvalue weighted by Crippen LogP contribution is -2.34. The summed E-state index contributed by atoms with van der Waals surface area (Å²) in [6.07, 6.45) is 0.700. The van der Waals surface area contributed by atoms with Crippen molar-refractivity contribution in [1.29, 1.82) is 0 Å². The molecule has 0 aliphatic carbocycles. The molecule has 1 unspecified atom stereocenters. The van der Waals surface area contributed by atoms with Crippen molar-refractivity contribution < 1.29 is 13.2 Å². The van der Waals surface area contributed by atoms with Crippen molar-refractivity contribution in [1.82, 2.24) is 4.31 Å². The van der Waals surface area contributed by atoms with E-state index in [1.165, 1.54) is 22.5 Å². The lowest BCUT2D eigenvalue weighted by atomic mass is 9.90. The molecule has 1 aromatic rings. The van der Waals surface area contributed by atoms with Gasteiger partial charge in [-0.05, 0) is 36.6 Å². The van der Waals surface area contributed by atoms with Gasteiger partial charge in [-0.2, -0.15) is 4.31 Å². The average Bonchev–Trinajstić information content (AvgIpc) is 2.82. The third kappa shape index (κ3) is 3.21. The molecule has 0 saturated carbocycles. The molecule has 21 heavy (non-hydrogen) atoms. The highest BCUT2D eigenvalue weighted by molar-refractivity contribution is 7.89. The first kappa shape index (κ1) is 16.2. The van der Waals surface area contributed by atoms with Crippen LogP contribution in [0.1, 0.15) is 23.7 Å². The molecular weight excluding hydrogens is 314 g/mol. The summed E-state index contributed by atoms with van der Waals surface area (Å²) in [6.45, 7) is 3.12. The Kier molecular flexibility index (Phi) is 4.30. The van der Waals surface area contributed by atoms with Crippen molar-refractivity contribution in [3.05, 3.63) is 28.8 Å². The van der Waals surface area contributed by atoms with Gasteiger partial charge in [0.1, 0.15) is 0 Å². The molecule has 0 bridgehead atoms. The predicted octanol–water partition coefficient (Wildman–Crippen LogP) is 0.798. The fourth-order valence-corrected chi connectivity index (χ4v) is 4.32. The normalized spacial score (nSPS) is 23.4. The van der Waals surface area contributed by atoms with Gasteiger partial charge < -0.3 is 11.5 Å². The Labute approximate surface area is 129 Å². The molecule has 1 heterocycles. The van der Waals surface area contributed by atoms with Crippen molar-refractivity contribution in [2.24, 2.45) is 16.9 Å². The van der Waals surface area contributed by atoms with Crippen LogP contribution in [0.5, 0.6) is 0 Å². The maximum absolute atomic E-state index is 12.6. The molecule has 1 atom stereocenters. The van der Waals surface area contributed by atoms with E-state index in [-0.39, 0.29) is 20.9 Å². The largest absolute Gasteiger partial charge is 0.366 e. The summed E-state index contributed by atoms with van der Waals surface area (Å²) < 4.78 is 26.7. The Hall–Kier alpha value is -1.15. The molecule has 0 radical (unpaired) electrons. The fourth-order valence-electron chi connectivity index (χ4n) is 2.35. The number of carbonyl (C=O) groups excluding carboxylic acids is 1. The molecule has 1 aliphatic heterocycles. The number of hydrogen-bond donors (Lipinski definition) is 2. The van der Waals surface area contributed by atoms with Gasteiger partial charge in [0.2, 0.25) is 15.9 Å². The van der Waals surface area contributed by atoms with Crippen LogP contribution in [0.3, 0.4) is 0 Å². The Bertz CT molecular complexity index is 677. The predicted molar refractivity (Wildman–Crippen MR) is 80.5 cm³/mol. The summed E-state index contributed by atoms with van der Waals surface area (Å²) in [7, 11) is -3.71. The second-order valence-corrected chi connectivity index (χ2v) is 8.02. The van der Waals surface area contributed by atoms with Crippen molar-refractivity contribution in [2.75, 3.05) is 19.6 Å². The van der Waals surface area contributed by atoms with Crippen LogP contribution in [0.2, 0.25) is 5.02 Å². The number of halogens is 1. The summed E-state index contributed by atoms with van der Waals surface area (Å²) in [5.74, 6) is -0.720. The van der Waals surface area contributed by atoms with Crippen molar-refractivity contribution in [3.8, 4) is 0 Å². The van der Waals surface area contributed by atoms with Gasteiger partial charge in [-0.25, -0.2) is 8.42 Å². The Balaban J connectivity index is 2.39. The molecule has 1 fully saturated rings. The van der Waals surface area contributed by atoms with E-state index in [1.54, 1.807) is 0 Å². The van der Waals surface area contributed by atoms with Crippen molar-refractivity contribution in [2.45, 2.75) is 18.2 Å². The number of hydrogen-bond acceptors (Lipinski definition) is 4. The summed E-state index contributed by atoms with van der Waals surface area (Å²) in [6, 6.07) is 3.92. The van der Waals surface area contributed by atoms with E-state index in [1.807, 2.05) is 6.92 Å². The van der Waals surface area contributed by atoms with Crippen LogP contribution in [0.25, 0.3) is 0 Å². The lowest BCUT2D eigenvalue weighted by molar-refractivity contribution is 0.1000. The maximum Gasteiger partial charge on any atom is 0.248 e. The molecule has 0 spiro atoms. The Morgan fingerprint density at radius 2 is 2.10 bits per heavy atom. The molecule has 1 aromatic carbocycles. The molecule has 8 heteroatoms. The first-order chi connectivity index (χ1) is 9.68. The van der Waals surface area contributed by atoms with Crippen LogP contribution in [-0.2, 0) is 10.0 Å². The van der Waals surface area contributed by atoms with Gasteiger partial charge in [0.15, 0.2) is 0 Å². The van der Waals surface area contributed by atoms with Crippen LogP contribution in [0.15, 0.2) is 23.1 Å². The van der Waals surface area contributed by atoms with Crippen LogP contribution in [0, 0.1) is 5.41 Å². The minimum atomic E-state index is -3.71. The number of sulfonamides is 1. The summed E-state index contributed by atoms with van der Waals surface area (Å²) >= 11 is 5.88. The van der Waals surface area contributed by atoms with E-state index in [2.05, 4.69) is 0 Å². The molecular formula is C13H18ClN3O3S. The molecule has 1 amide bonds. The number of nitrogens with zero attached hydrogens (tertiary/aromatic N) is 1.